The van der Waals surface area contributed by atoms with Crippen LogP contribution in [0.3, 0.4) is 0 Å². The molecule has 1 heterocycles. The van der Waals surface area contributed by atoms with Crippen molar-refractivity contribution in [1.82, 2.24) is 5.32 Å². The molecule has 0 saturated heterocycles. The SMILES string of the molecule is Cc1c(C(C)NC(=O)[C@@H](N)CC(C)C)oc2ccccc12.Cl. The van der Waals surface area contributed by atoms with Crippen molar-refractivity contribution in [3.8, 4) is 0 Å². The van der Waals surface area contributed by atoms with E-state index in [0.29, 0.717) is 12.3 Å². The second-order valence-corrected chi connectivity index (χ2v) is 6.05. The van der Waals surface area contributed by atoms with E-state index >= 15 is 0 Å². The van der Waals surface area contributed by atoms with E-state index in [1.807, 2.05) is 38.1 Å². The number of fused-ring (bicyclic) bond motifs is 1. The van der Waals surface area contributed by atoms with Crippen LogP contribution in [0.1, 0.15) is 44.6 Å². The maximum Gasteiger partial charge on any atom is 0.237 e. The first kappa shape index (κ1) is 18.5. The molecule has 0 aliphatic heterocycles. The highest BCUT2D eigenvalue weighted by Crippen LogP contribution is 2.29. The second-order valence-electron chi connectivity index (χ2n) is 6.05. The lowest BCUT2D eigenvalue weighted by Crippen LogP contribution is -2.42. The van der Waals surface area contributed by atoms with Crippen molar-refractivity contribution in [2.75, 3.05) is 0 Å². The highest BCUT2D eigenvalue weighted by atomic mass is 35.5. The molecule has 0 bridgehead atoms. The summed E-state index contributed by atoms with van der Waals surface area (Å²) in [5.74, 6) is 1.06. The van der Waals surface area contributed by atoms with Crippen LogP contribution in [0.15, 0.2) is 28.7 Å². The molecular weight excluding hydrogens is 300 g/mol. The van der Waals surface area contributed by atoms with Gasteiger partial charge in [-0.1, -0.05) is 32.0 Å². The maximum atomic E-state index is 12.1. The van der Waals surface area contributed by atoms with Crippen LogP contribution >= 0.6 is 12.4 Å². The minimum atomic E-state index is -0.475. The summed E-state index contributed by atoms with van der Waals surface area (Å²) in [6.45, 7) is 8.04. The van der Waals surface area contributed by atoms with Gasteiger partial charge in [0.05, 0.1) is 12.1 Å². The second kappa shape index (κ2) is 7.65. The number of benzene rings is 1. The van der Waals surface area contributed by atoms with E-state index in [9.17, 15) is 4.79 Å². The van der Waals surface area contributed by atoms with Crippen LogP contribution in [0.2, 0.25) is 0 Å². The van der Waals surface area contributed by atoms with Crippen molar-refractivity contribution in [3.05, 3.63) is 35.6 Å². The first-order chi connectivity index (χ1) is 9.90. The zero-order valence-electron chi connectivity index (χ0n) is 13.6. The van der Waals surface area contributed by atoms with Crippen LogP contribution in [0.25, 0.3) is 11.0 Å². The Morgan fingerprint density at radius 2 is 1.91 bits per heavy atom. The van der Waals surface area contributed by atoms with Crippen molar-refractivity contribution >= 4 is 29.3 Å². The Balaban J connectivity index is 0.00000242. The third-order valence-electron chi connectivity index (χ3n) is 3.69. The third kappa shape index (κ3) is 4.02. The van der Waals surface area contributed by atoms with Crippen LogP contribution in [0.4, 0.5) is 0 Å². The maximum absolute atomic E-state index is 12.1. The van der Waals surface area contributed by atoms with Crippen LogP contribution in [0.5, 0.6) is 0 Å². The molecule has 0 radical (unpaired) electrons. The minimum absolute atomic E-state index is 0. The van der Waals surface area contributed by atoms with E-state index in [2.05, 4.69) is 19.2 Å². The first-order valence-electron chi connectivity index (χ1n) is 7.44. The molecule has 0 spiro atoms. The Labute approximate surface area is 137 Å². The molecule has 0 fully saturated rings. The Kier molecular flexibility index (Phi) is 6.45. The van der Waals surface area contributed by atoms with Crippen molar-refractivity contribution in [2.45, 2.75) is 46.2 Å². The molecule has 122 valence electrons. The number of amides is 1. The van der Waals surface area contributed by atoms with Gasteiger partial charge >= 0.3 is 0 Å². The van der Waals surface area contributed by atoms with Gasteiger partial charge in [0.15, 0.2) is 0 Å². The number of hydrogen-bond acceptors (Lipinski definition) is 3. The lowest BCUT2D eigenvalue weighted by atomic mass is 10.0. The molecule has 1 aromatic heterocycles. The van der Waals surface area contributed by atoms with E-state index in [1.165, 1.54) is 0 Å². The van der Waals surface area contributed by atoms with Gasteiger partial charge in [-0.2, -0.15) is 0 Å². The highest BCUT2D eigenvalue weighted by Gasteiger charge is 2.21. The fourth-order valence-corrected chi connectivity index (χ4v) is 2.61. The van der Waals surface area contributed by atoms with Crippen LogP contribution < -0.4 is 11.1 Å². The number of aryl methyl sites for hydroxylation is 1. The van der Waals surface area contributed by atoms with E-state index < -0.39 is 6.04 Å². The topological polar surface area (TPSA) is 68.3 Å². The summed E-state index contributed by atoms with van der Waals surface area (Å²) >= 11 is 0. The third-order valence-corrected chi connectivity index (χ3v) is 3.69. The number of nitrogens with two attached hydrogens (primary N) is 1. The summed E-state index contributed by atoms with van der Waals surface area (Å²) in [4.78, 5) is 12.1. The molecule has 1 amide bonds. The van der Waals surface area contributed by atoms with Gasteiger partial charge in [-0.25, -0.2) is 0 Å². The van der Waals surface area contributed by atoms with Crippen molar-refractivity contribution in [2.24, 2.45) is 11.7 Å². The Morgan fingerprint density at radius 3 is 2.50 bits per heavy atom. The number of carbonyl (C=O) groups is 1. The van der Waals surface area contributed by atoms with Gasteiger partial charge in [0.2, 0.25) is 5.91 Å². The van der Waals surface area contributed by atoms with E-state index in [-0.39, 0.29) is 24.4 Å². The summed E-state index contributed by atoms with van der Waals surface area (Å²) in [6.07, 6.45) is 0.678. The van der Waals surface area contributed by atoms with Crippen LogP contribution in [-0.2, 0) is 4.79 Å². The quantitative estimate of drug-likeness (QED) is 0.880. The van der Waals surface area contributed by atoms with Crippen molar-refractivity contribution in [1.29, 1.82) is 0 Å². The minimum Gasteiger partial charge on any atom is -0.459 e. The molecule has 22 heavy (non-hydrogen) atoms. The summed E-state index contributed by atoms with van der Waals surface area (Å²) in [5.41, 5.74) is 7.83. The molecule has 1 unspecified atom stereocenters. The van der Waals surface area contributed by atoms with Gasteiger partial charge in [0.25, 0.3) is 0 Å². The summed E-state index contributed by atoms with van der Waals surface area (Å²) in [6, 6.07) is 7.22. The molecule has 4 nitrogen and oxygen atoms in total. The highest BCUT2D eigenvalue weighted by molar-refractivity contribution is 5.85. The monoisotopic (exact) mass is 324 g/mol. The van der Waals surface area contributed by atoms with Crippen molar-refractivity contribution in [3.63, 3.8) is 0 Å². The largest absolute Gasteiger partial charge is 0.459 e. The molecule has 0 aliphatic rings. The number of rotatable bonds is 5. The molecule has 0 saturated carbocycles. The predicted octanol–water partition coefficient (Wildman–Crippen LogP) is 3.71. The number of carbonyl (C=O) groups excluding carboxylic acids is 1. The molecule has 3 N–H and O–H groups in total. The molecule has 2 rings (SSSR count). The number of halogens is 1. The molecule has 1 aromatic carbocycles. The van der Waals surface area contributed by atoms with Crippen molar-refractivity contribution < 1.29 is 9.21 Å². The summed E-state index contributed by atoms with van der Waals surface area (Å²) in [5, 5.41) is 4.03. The van der Waals surface area contributed by atoms with Crippen LogP contribution in [-0.4, -0.2) is 11.9 Å². The number of hydrogen-bond donors (Lipinski definition) is 2. The number of para-hydroxylation sites is 1. The van der Waals surface area contributed by atoms with E-state index in [0.717, 1.165) is 22.3 Å². The molecular formula is C17H25ClN2O2. The average Bonchev–Trinajstić information content (AvgIpc) is 2.76. The van der Waals surface area contributed by atoms with Gasteiger partial charge in [-0.05, 0) is 32.3 Å². The number of furan rings is 1. The smallest absolute Gasteiger partial charge is 0.237 e. The Morgan fingerprint density at radius 1 is 1.27 bits per heavy atom. The fourth-order valence-electron chi connectivity index (χ4n) is 2.61. The molecule has 2 atom stereocenters. The zero-order chi connectivity index (χ0) is 15.6. The summed E-state index contributed by atoms with van der Waals surface area (Å²) < 4.78 is 5.87. The zero-order valence-corrected chi connectivity index (χ0v) is 14.4. The van der Waals surface area contributed by atoms with Crippen LogP contribution in [0, 0.1) is 12.8 Å². The van der Waals surface area contributed by atoms with Gasteiger partial charge < -0.3 is 15.5 Å². The normalized spacial score (nSPS) is 13.7. The van der Waals surface area contributed by atoms with Gasteiger partial charge in [-0.15, -0.1) is 12.4 Å². The lowest BCUT2D eigenvalue weighted by molar-refractivity contribution is -0.123. The van der Waals surface area contributed by atoms with E-state index in [4.69, 9.17) is 10.2 Å². The van der Waals surface area contributed by atoms with Gasteiger partial charge in [0, 0.05) is 10.9 Å². The van der Waals surface area contributed by atoms with Gasteiger partial charge in [0.1, 0.15) is 11.3 Å². The average molecular weight is 325 g/mol. The Bertz CT molecular complexity index is 637. The fraction of sp³-hybridized carbons (Fsp3) is 0.471. The summed E-state index contributed by atoms with van der Waals surface area (Å²) in [7, 11) is 0. The lowest BCUT2D eigenvalue weighted by Gasteiger charge is -2.18. The van der Waals surface area contributed by atoms with E-state index in [1.54, 1.807) is 0 Å². The predicted molar refractivity (Wildman–Crippen MR) is 92.2 cm³/mol. The molecule has 5 heteroatoms. The molecule has 2 aromatic rings. The standard InChI is InChI=1S/C17H24N2O2.ClH/c1-10(2)9-14(18)17(20)19-12(4)16-11(3)13-7-5-6-8-15(13)21-16;/h5-8,10,12,14H,9,18H2,1-4H3,(H,19,20);1H/t12?,14-;/m0./s1. The molecule has 0 aliphatic carbocycles. The first-order valence-corrected chi connectivity index (χ1v) is 7.44. The van der Waals surface area contributed by atoms with Gasteiger partial charge in [-0.3, -0.25) is 4.79 Å². The Hall–Kier alpha value is -1.52. The number of nitrogens with one attached hydrogen (secondary N) is 1.